The van der Waals surface area contributed by atoms with Gasteiger partial charge in [0, 0.05) is 31.7 Å². The Kier molecular flexibility index (Phi) is 4.64. The highest BCUT2D eigenvalue weighted by atomic mass is 32.2. The predicted molar refractivity (Wildman–Crippen MR) is 72.3 cm³/mol. The molecule has 0 aromatic carbocycles. The molecule has 0 amide bonds. The van der Waals surface area contributed by atoms with Crippen molar-refractivity contribution in [2.75, 3.05) is 19.6 Å². The average molecular weight is 275 g/mol. The summed E-state index contributed by atoms with van der Waals surface area (Å²) in [7, 11) is -3.24. The van der Waals surface area contributed by atoms with Crippen LogP contribution in [0.1, 0.15) is 45.4 Å². The van der Waals surface area contributed by atoms with E-state index in [1.165, 1.54) is 0 Å². The molecule has 6 heteroatoms. The Balaban J connectivity index is 2.07. The second-order valence-electron chi connectivity index (χ2n) is 5.39. The molecule has 1 saturated carbocycles. The van der Waals surface area contributed by atoms with Crippen LogP contribution in [0.5, 0.6) is 0 Å². The molecule has 1 heterocycles. The van der Waals surface area contributed by atoms with Gasteiger partial charge in [-0.05, 0) is 38.5 Å². The van der Waals surface area contributed by atoms with E-state index in [1.54, 1.807) is 8.61 Å². The molecule has 0 spiro atoms. The average Bonchev–Trinajstić information content (AvgIpc) is 2.86. The maximum Gasteiger partial charge on any atom is 0.282 e. The van der Waals surface area contributed by atoms with Gasteiger partial charge >= 0.3 is 0 Å². The molecule has 5 nitrogen and oxygen atoms in total. The minimum absolute atomic E-state index is 0.153. The van der Waals surface area contributed by atoms with Gasteiger partial charge in [-0.15, -0.1) is 0 Å². The fourth-order valence-corrected chi connectivity index (χ4v) is 5.00. The molecule has 2 rings (SSSR count). The molecule has 0 aromatic heterocycles. The highest BCUT2D eigenvalue weighted by molar-refractivity contribution is 7.86. The Labute approximate surface area is 110 Å². The third-order valence-corrected chi connectivity index (χ3v) is 6.31. The molecule has 1 aliphatic carbocycles. The molecule has 0 unspecified atom stereocenters. The van der Waals surface area contributed by atoms with Crippen LogP contribution >= 0.6 is 0 Å². The lowest BCUT2D eigenvalue weighted by Gasteiger charge is -2.36. The molecule has 18 heavy (non-hydrogen) atoms. The van der Waals surface area contributed by atoms with Crippen LogP contribution in [0.2, 0.25) is 0 Å². The summed E-state index contributed by atoms with van der Waals surface area (Å²) in [6.45, 7) is 3.87. The van der Waals surface area contributed by atoms with Crippen molar-refractivity contribution in [1.82, 2.24) is 8.61 Å². The largest absolute Gasteiger partial charge is 0.328 e. The van der Waals surface area contributed by atoms with Crippen molar-refractivity contribution in [3.05, 3.63) is 0 Å². The first-order chi connectivity index (χ1) is 8.55. The number of hydrogen-bond acceptors (Lipinski definition) is 3. The molecule has 0 aromatic rings. The third kappa shape index (κ3) is 2.87. The van der Waals surface area contributed by atoms with Crippen molar-refractivity contribution in [3.8, 4) is 0 Å². The molecule has 0 radical (unpaired) electrons. The Morgan fingerprint density at radius 1 is 1.17 bits per heavy atom. The fourth-order valence-electron chi connectivity index (χ4n) is 3.07. The van der Waals surface area contributed by atoms with Crippen LogP contribution in [0.25, 0.3) is 0 Å². The first-order valence-corrected chi connectivity index (χ1v) is 8.48. The Bertz CT molecular complexity index is 358. The molecule has 0 atom stereocenters. The maximum atomic E-state index is 12.6. The summed E-state index contributed by atoms with van der Waals surface area (Å²) in [4.78, 5) is 0. The van der Waals surface area contributed by atoms with Gasteiger partial charge in [-0.1, -0.05) is 6.92 Å². The Morgan fingerprint density at radius 3 is 2.22 bits per heavy atom. The van der Waals surface area contributed by atoms with Gasteiger partial charge in [0.25, 0.3) is 10.2 Å². The van der Waals surface area contributed by atoms with E-state index in [2.05, 4.69) is 0 Å². The van der Waals surface area contributed by atoms with Gasteiger partial charge in [0.2, 0.25) is 0 Å². The summed E-state index contributed by atoms with van der Waals surface area (Å²) in [5.74, 6) is 0. The monoisotopic (exact) mass is 275 g/mol. The second-order valence-corrected chi connectivity index (χ2v) is 7.27. The lowest BCUT2D eigenvalue weighted by molar-refractivity contribution is 0.234. The zero-order valence-corrected chi connectivity index (χ0v) is 12.0. The van der Waals surface area contributed by atoms with Crippen molar-refractivity contribution < 1.29 is 8.42 Å². The summed E-state index contributed by atoms with van der Waals surface area (Å²) in [6.07, 6.45) is 5.68. The van der Waals surface area contributed by atoms with E-state index in [4.69, 9.17) is 5.73 Å². The normalized spacial score (nSPS) is 31.1. The van der Waals surface area contributed by atoms with E-state index in [9.17, 15) is 8.42 Å². The van der Waals surface area contributed by atoms with Crippen LogP contribution in [-0.2, 0) is 10.2 Å². The number of nitrogens with two attached hydrogens (primary N) is 1. The highest BCUT2D eigenvalue weighted by Gasteiger charge is 2.36. The van der Waals surface area contributed by atoms with E-state index >= 15 is 0 Å². The van der Waals surface area contributed by atoms with Gasteiger partial charge in [0.05, 0.1) is 0 Å². The number of nitrogens with zero attached hydrogens (tertiary/aromatic N) is 2. The first kappa shape index (κ1) is 14.2. The minimum atomic E-state index is -3.24. The smallest absolute Gasteiger partial charge is 0.282 e. The van der Waals surface area contributed by atoms with Crippen molar-refractivity contribution >= 4 is 10.2 Å². The standard InChI is InChI=1S/C12H25N3O2S/c1-2-15(12-7-5-11(13)6-8-12)18(16,17)14-9-3-4-10-14/h11-12H,2-10,13H2,1H3. The zero-order chi connectivity index (χ0) is 13.2. The van der Waals surface area contributed by atoms with Crippen molar-refractivity contribution in [1.29, 1.82) is 0 Å². The summed E-state index contributed by atoms with van der Waals surface area (Å²) in [6, 6.07) is 0.412. The highest BCUT2D eigenvalue weighted by Crippen LogP contribution is 2.26. The van der Waals surface area contributed by atoms with Gasteiger partial charge in [-0.3, -0.25) is 0 Å². The van der Waals surface area contributed by atoms with E-state index < -0.39 is 10.2 Å². The summed E-state index contributed by atoms with van der Waals surface area (Å²) < 4.78 is 28.5. The van der Waals surface area contributed by atoms with E-state index in [0.717, 1.165) is 38.5 Å². The molecule has 0 bridgehead atoms. The molecule has 2 aliphatic rings. The van der Waals surface area contributed by atoms with Crippen LogP contribution in [0.15, 0.2) is 0 Å². The first-order valence-electron chi connectivity index (χ1n) is 7.08. The second kappa shape index (κ2) is 5.86. The van der Waals surface area contributed by atoms with Crippen molar-refractivity contribution in [2.24, 2.45) is 5.73 Å². The number of hydrogen-bond donors (Lipinski definition) is 1. The fraction of sp³-hybridized carbons (Fsp3) is 1.00. The topological polar surface area (TPSA) is 66.6 Å². The van der Waals surface area contributed by atoms with E-state index in [1.807, 2.05) is 6.92 Å². The molecular weight excluding hydrogens is 250 g/mol. The van der Waals surface area contributed by atoms with E-state index in [0.29, 0.717) is 19.6 Å². The Morgan fingerprint density at radius 2 is 1.72 bits per heavy atom. The number of rotatable bonds is 4. The Hall–Kier alpha value is -0.170. The summed E-state index contributed by atoms with van der Waals surface area (Å²) in [5.41, 5.74) is 5.89. The lowest BCUT2D eigenvalue weighted by Crippen LogP contribution is -2.49. The van der Waals surface area contributed by atoms with Gasteiger partial charge < -0.3 is 5.73 Å². The third-order valence-electron chi connectivity index (χ3n) is 4.15. The molecule has 1 saturated heterocycles. The van der Waals surface area contributed by atoms with Crippen LogP contribution in [-0.4, -0.2) is 48.7 Å². The van der Waals surface area contributed by atoms with Crippen LogP contribution < -0.4 is 5.73 Å². The predicted octanol–water partition coefficient (Wildman–Crippen LogP) is 0.919. The quantitative estimate of drug-likeness (QED) is 0.829. The van der Waals surface area contributed by atoms with Gasteiger partial charge in [-0.25, -0.2) is 0 Å². The molecule has 106 valence electrons. The summed E-state index contributed by atoms with van der Waals surface area (Å²) >= 11 is 0. The van der Waals surface area contributed by atoms with Crippen molar-refractivity contribution in [3.63, 3.8) is 0 Å². The minimum Gasteiger partial charge on any atom is -0.328 e. The zero-order valence-electron chi connectivity index (χ0n) is 11.2. The molecule has 1 aliphatic heterocycles. The van der Waals surface area contributed by atoms with Gasteiger partial charge in [-0.2, -0.15) is 17.0 Å². The van der Waals surface area contributed by atoms with Gasteiger partial charge in [0.1, 0.15) is 0 Å². The van der Waals surface area contributed by atoms with Crippen LogP contribution in [0, 0.1) is 0 Å². The van der Waals surface area contributed by atoms with E-state index in [-0.39, 0.29) is 12.1 Å². The van der Waals surface area contributed by atoms with Crippen molar-refractivity contribution in [2.45, 2.75) is 57.5 Å². The SMILES string of the molecule is CCN(C1CCC(N)CC1)S(=O)(=O)N1CCCC1. The molecule has 2 fully saturated rings. The van der Waals surface area contributed by atoms with Crippen LogP contribution in [0.4, 0.5) is 0 Å². The maximum absolute atomic E-state index is 12.6. The molecule has 2 N–H and O–H groups in total. The van der Waals surface area contributed by atoms with Crippen LogP contribution in [0.3, 0.4) is 0 Å². The summed E-state index contributed by atoms with van der Waals surface area (Å²) in [5, 5.41) is 0. The lowest BCUT2D eigenvalue weighted by atomic mass is 9.92. The van der Waals surface area contributed by atoms with Gasteiger partial charge in [0.15, 0.2) is 0 Å². The molecular formula is C12H25N3O2S.